The average molecular weight is 1270 g/mol. The number of aliphatic hydroxyl groups excluding tert-OH is 1. The van der Waals surface area contributed by atoms with E-state index < -0.39 is 97.5 Å². The van der Waals surface area contributed by atoms with Crippen molar-refractivity contribution in [2.45, 2.75) is 341 Å². The zero-order valence-electron chi connectivity index (χ0n) is 54.8. The first-order valence-electron chi connectivity index (χ1n) is 34.6. The predicted molar refractivity (Wildman–Crippen MR) is 345 cm³/mol. The van der Waals surface area contributed by atoms with Crippen molar-refractivity contribution in [3.63, 3.8) is 0 Å². The maximum Gasteiger partial charge on any atom is 0.472 e. The molecule has 86 heavy (non-hydrogen) atoms. The van der Waals surface area contributed by atoms with Crippen LogP contribution in [0.5, 0.6) is 0 Å². The largest absolute Gasteiger partial charge is 0.472 e. The summed E-state index contributed by atoms with van der Waals surface area (Å²) in [7, 11) is -9.90. The number of hydrogen-bond donors (Lipinski definition) is 3. The molecule has 506 valence electrons. The monoisotopic (exact) mass is 1260 g/mol. The van der Waals surface area contributed by atoms with Gasteiger partial charge in [-0.15, -0.1) is 0 Å². The molecule has 17 nitrogen and oxygen atoms in total. The van der Waals surface area contributed by atoms with Gasteiger partial charge in [0.2, 0.25) is 0 Å². The van der Waals surface area contributed by atoms with E-state index in [0.29, 0.717) is 25.7 Å². The van der Waals surface area contributed by atoms with Gasteiger partial charge in [0.25, 0.3) is 0 Å². The van der Waals surface area contributed by atoms with Gasteiger partial charge in [0.05, 0.1) is 26.4 Å². The number of unbranched alkanes of at least 4 members (excludes halogenated alkanes) is 37. The molecule has 0 rings (SSSR count). The lowest BCUT2D eigenvalue weighted by molar-refractivity contribution is -0.161. The summed E-state index contributed by atoms with van der Waals surface area (Å²) in [6, 6.07) is 0. The summed E-state index contributed by atoms with van der Waals surface area (Å²) in [6.07, 6.45) is 50.7. The first-order valence-corrected chi connectivity index (χ1v) is 37.6. The number of carbonyl (C=O) groups excluding carboxylic acids is 4. The summed E-state index contributed by atoms with van der Waals surface area (Å²) in [5.41, 5.74) is 0. The van der Waals surface area contributed by atoms with Gasteiger partial charge >= 0.3 is 39.5 Å². The molecule has 0 heterocycles. The maximum atomic E-state index is 13.0. The molecule has 0 aromatic heterocycles. The summed E-state index contributed by atoms with van der Waals surface area (Å²) in [5.74, 6) is -2.16. The van der Waals surface area contributed by atoms with Crippen LogP contribution < -0.4 is 0 Å². The summed E-state index contributed by atoms with van der Waals surface area (Å²) in [6.45, 7) is 4.82. The Morgan fingerprint density at radius 3 is 0.849 bits per heavy atom. The lowest BCUT2D eigenvalue weighted by atomic mass is 10.0. The highest BCUT2D eigenvalue weighted by Gasteiger charge is 2.30. The standard InChI is InChI=1S/C67H126O17P2/c1-5-9-13-17-21-25-28-30-31-32-35-38-42-46-50-54-67(72)84-63(58-78-65(70)52-48-44-40-36-34-29-26-22-18-14-10-6-2)60-82-86(75,76)80-56-61(68)55-79-85(73,74)81-59-62(57-77-64(69)51-47-43-39-24-20-16-12-8-4)83-66(71)53-49-45-41-37-33-27-23-19-15-11-7-3/h25,28,30-31,61-63,68H,5-24,26-27,29,32-60H2,1-4H3,(H,73,74)(H,75,76)/b28-25-,31-30-/t61-,62+,63+/m0/s1. The molecular formula is C67H126O17P2. The summed E-state index contributed by atoms with van der Waals surface area (Å²) in [5, 5.41) is 10.5. The Bertz CT molecular complexity index is 1750. The van der Waals surface area contributed by atoms with E-state index in [1.165, 1.54) is 135 Å². The summed E-state index contributed by atoms with van der Waals surface area (Å²) < 4.78 is 68.0. The van der Waals surface area contributed by atoms with Crippen molar-refractivity contribution in [1.29, 1.82) is 0 Å². The first-order chi connectivity index (χ1) is 41.7. The van der Waals surface area contributed by atoms with Gasteiger partial charge < -0.3 is 33.8 Å². The lowest BCUT2D eigenvalue weighted by Gasteiger charge is -2.21. The van der Waals surface area contributed by atoms with Gasteiger partial charge in [0, 0.05) is 25.7 Å². The van der Waals surface area contributed by atoms with Gasteiger partial charge in [-0.3, -0.25) is 37.3 Å². The van der Waals surface area contributed by atoms with Gasteiger partial charge in [0.1, 0.15) is 19.3 Å². The normalized spacial score (nSPS) is 14.3. The van der Waals surface area contributed by atoms with Crippen LogP contribution in [0.1, 0.15) is 323 Å². The molecule has 0 bridgehead atoms. The molecule has 0 aliphatic carbocycles. The Morgan fingerprint density at radius 2 is 0.558 bits per heavy atom. The molecule has 19 heteroatoms. The first kappa shape index (κ1) is 83.5. The van der Waals surface area contributed by atoms with Crippen molar-refractivity contribution in [2.24, 2.45) is 0 Å². The third-order valence-corrected chi connectivity index (χ3v) is 16.9. The van der Waals surface area contributed by atoms with Gasteiger partial charge in [0.15, 0.2) is 12.2 Å². The summed E-state index contributed by atoms with van der Waals surface area (Å²) in [4.78, 5) is 72.3. The Morgan fingerprint density at radius 1 is 0.326 bits per heavy atom. The van der Waals surface area contributed by atoms with Crippen molar-refractivity contribution < 1.29 is 80.2 Å². The molecule has 0 aliphatic heterocycles. The lowest BCUT2D eigenvalue weighted by Crippen LogP contribution is -2.30. The van der Waals surface area contributed by atoms with E-state index in [-0.39, 0.29) is 25.7 Å². The van der Waals surface area contributed by atoms with Crippen LogP contribution in [0, 0.1) is 0 Å². The molecule has 0 spiro atoms. The number of phosphoric ester groups is 2. The number of aliphatic hydroxyl groups is 1. The Labute approximate surface area is 522 Å². The number of allylic oxidation sites excluding steroid dienone is 4. The van der Waals surface area contributed by atoms with E-state index in [4.69, 9.17) is 37.0 Å². The highest BCUT2D eigenvalue weighted by molar-refractivity contribution is 7.47. The molecule has 3 N–H and O–H groups in total. The molecule has 0 amide bonds. The molecule has 0 saturated carbocycles. The second kappa shape index (κ2) is 61.4. The highest BCUT2D eigenvalue weighted by Crippen LogP contribution is 2.45. The van der Waals surface area contributed by atoms with Crippen LogP contribution in [0.15, 0.2) is 24.3 Å². The Hall–Kier alpha value is -2.46. The van der Waals surface area contributed by atoms with Crippen molar-refractivity contribution in [1.82, 2.24) is 0 Å². The molecule has 0 radical (unpaired) electrons. The minimum Gasteiger partial charge on any atom is -0.462 e. The van der Waals surface area contributed by atoms with E-state index in [1.807, 2.05) is 0 Å². The number of ether oxygens (including phenoxy) is 4. The van der Waals surface area contributed by atoms with Gasteiger partial charge in [-0.1, -0.05) is 270 Å². The second-order valence-corrected chi connectivity index (χ2v) is 26.4. The van der Waals surface area contributed by atoms with E-state index in [2.05, 4.69) is 52.0 Å². The Balaban J connectivity index is 5.26. The molecular weight excluding hydrogens is 1140 g/mol. The quantitative estimate of drug-likeness (QED) is 0.0169. The van der Waals surface area contributed by atoms with Crippen LogP contribution in [0.3, 0.4) is 0 Å². The molecule has 2 unspecified atom stereocenters. The molecule has 0 fully saturated rings. The van der Waals surface area contributed by atoms with Crippen LogP contribution in [-0.4, -0.2) is 96.7 Å². The van der Waals surface area contributed by atoms with E-state index in [0.717, 1.165) is 109 Å². The van der Waals surface area contributed by atoms with E-state index in [9.17, 15) is 43.2 Å². The fraction of sp³-hybridized carbons (Fsp3) is 0.881. The fourth-order valence-corrected chi connectivity index (χ4v) is 11.2. The van der Waals surface area contributed by atoms with Crippen molar-refractivity contribution >= 4 is 39.5 Å². The van der Waals surface area contributed by atoms with Gasteiger partial charge in [-0.25, -0.2) is 9.13 Å². The zero-order chi connectivity index (χ0) is 63.3. The van der Waals surface area contributed by atoms with E-state index >= 15 is 0 Å². The molecule has 0 aromatic rings. The highest BCUT2D eigenvalue weighted by atomic mass is 31.2. The zero-order valence-corrected chi connectivity index (χ0v) is 56.6. The topological polar surface area (TPSA) is 237 Å². The minimum atomic E-state index is -4.95. The average Bonchev–Trinajstić information content (AvgIpc) is 3.67. The van der Waals surface area contributed by atoms with Gasteiger partial charge in [-0.05, 0) is 51.4 Å². The number of carbonyl (C=O) groups is 4. The number of rotatable bonds is 66. The van der Waals surface area contributed by atoms with Crippen LogP contribution in [-0.2, 0) is 65.4 Å². The maximum absolute atomic E-state index is 13.0. The van der Waals surface area contributed by atoms with Crippen molar-refractivity contribution in [3.8, 4) is 0 Å². The Kier molecular flexibility index (Phi) is 59.6. The second-order valence-electron chi connectivity index (χ2n) is 23.5. The fourth-order valence-electron chi connectivity index (χ4n) is 9.62. The van der Waals surface area contributed by atoms with Crippen LogP contribution in [0.25, 0.3) is 0 Å². The number of phosphoric acid groups is 2. The van der Waals surface area contributed by atoms with Gasteiger partial charge in [-0.2, -0.15) is 0 Å². The van der Waals surface area contributed by atoms with E-state index in [1.54, 1.807) is 0 Å². The molecule has 0 aromatic carbocycles. The molecule has 5 atom stereocenters. The molecule has 0 aliphatic rings. The van der Waals surface area contributed by atoms with Crippen molar-refractivity contribution in [2.75, 3.05) is 39.6 Å². The smallest absolute Gasteiger partial charge is 0.462 e. The van der Waals surface area contributed by atoms with Crippen LogP contribution in [0.2, 0.25) is 0 Å². The number of hydrogen-bond acceptors (Lipinski definition) is 15. The third-order valence-electron chi connectivity index (χ3n) is 15.0. The van der Waals surface area contributed by atoms with Crippen LogP contribution >= 0.6 is 15.6 Å². The molecule has 0 saturated heterocycles. The van der Waals surface area contributed by atoms with Crippen molar-refractivity contribution in [3.05, 3.63) is 24.3 Å². The number of esters is 4. The summed E-state index contributed by atoms with van der Waals surface area (Å²) >= 11 is 0. The van der Waals surface area contributed by atoms with Crippen LogP contribution in [0.4, 0.5) is 0 Å². The third kappa shape index (κ3) is 60.5. The predicted octanol–water partition coefficient (Wildman–Crippen LogP) is 18.7. The SMILES string of the molecule is CCCCCC/C=C\C=C/CCCCCCCC(=O)O[C@H](COC(=O)CCCCCCCCCCCCCC)COP(=O)(O)OC[C@@H](O)COP(=O)(O)OC[C@@H](COC(=O)CCCCCCCCCC)OC(=O)CCCCCCCCCCCCC. The minimum absolute atomic E-state index is 0.0856.